The van der Waals surface area contributed by atoms with Crippen molar-refractivity contribution in [2.24, 2.45) is 0 Å². The van der Waals surface area contributed by atoms with E-state index >= 15 is 0 Å². The highest BCUT2D eigenvalue weighted by Gasteiger charge is 2.19. The van der Waals surface area contributed by atoms with Gasteiger partial charge in [0.1, 0.15) is 15.2 Å². The summed E-state index contributed by atoms with van der Waals surface area (Å²) in [6.07, 6.45) is 1.76. The zero-order valence-corrected chi connectivity index (χ0v) is 14.4. The molecule has 1 aromatic heterocycles. The van der Waals surface area contributed by atoms with Gasteiger partial charge in [0, 0.05) is 6.04 Å². The summed E-state index contributed by atoms with van der Waals surface area (Å²) < 4.78 is 27.2. The topological polar surface area (TPSA) is 73.2 Å². The van der Waals surface area contributed by atoms with Crippen LogP contribution >= 0.6 is 11.3 Å². The van der Waals surface area contributed by atoms with Gasteiger partial charge in [0.25, 0.3) is 0 Å². The van der Waals surface area contributed by atoms with Crippen molar-refractivity contribution in [1.82, 2.24) is 9.62 Å². The van der Waals surface area contributed by atoms with Crippen LogP contribution < -0.4 is 4.72 Å². The molecule has 0 saturated heterocycles. The Morgan fingerprint density at radius 3 is 2.57 bits per heavy atom. The largest absolute Gasteiger partial charge is 0.304 e. The zero-order chi connectivity index (χ0) is 15.9. The summed E-state index contributed by atoms with van der Waals surface area (Å²) in [5, 5.41) is 8.75. The van der Waals surface area contributed by atoms with Gasteiger partial charge < -0.3 is 4.90 Å². The SMILES string of the molecule is CCN(CC)CCCC(C)NS(=O)(=O)c1ccc(C#N)s1. The lowest BCUT2D eigenvalue weighted by Gasteiger charge is -2.19. The smallest absolute Gasteiger partial charge is 0.250 e. The molecule has 1 heterocycles. The summed E-state index contributed by atoms with van der Waals surface area (Å²) in [5.41, 5.74) is 0. The van der Waals surface area contributed by atoms with Crippen molar-refractivity contribution in [3.8, 4) is 6.07 Å². The molecule has 0 radical (unpaired) electrons. The first kappa shape index (κ1) is 18.1. The van der Waals surface area contributed by atoms with Gasteiger partial charge in [-0.15, -0.1) is 11.3 Å². The molecule has 0 fully saturated rings. The lowest BCUT2D eigenvalue weighted by Crippen LogP contribution is -2.33. The van der Waals surface area contributed by atoms with Crippen LogP contribution in [0.5, 0.6) is 0 Å². The van der Waals surface area contributed by atoms with Crippen molar-refractivity contribution in [3.63, 3.8) is 0 Å². The van der Waals surface area contributed by atoms with Crippen LogP contribution in [0, 0.1) is 11.3 Å². The summed E-state index contributed by atoms with van der Waals surface area (Å²) in [4.78, 5) is 2.73. The molecular formula is C14H23N3O2S2. The second-order valence-corrected chi connectivity index (χ2v) is 7.95. The number of nitrogens with one attached hydrogen (secondary N) is 1. The van der Waals surface area contributed by atoms with Gasteiger partial charge in [-0.1, -0.05) is 13.8 Å². The molecule has 21 heavy (non-hydrogen) atoms. The van der Waals surface area contributed by atoms with Gasteiger partial charge in [-0.3, -0.25) is 0 Å². The number of nitrogens with zero attached hydrogens (tertiary/aromatic N) is 2. The van der Waals surface area contributed by atoms with E-state index in [2.05, 4.69) is 23.5 Å². The number of hydrogen-bond donors (Lipinski definition) is 1. The van der Waals surface area contributed by atoms with Gasteiger partial charge in [0.15, 0.2) is 0 Å². The zero-order valence-electron chi connectivity index (χ0n) is 12.8. The average molecular weight is 329 g/mol. The van der Waals surface area contributed by atoms with Crippen LogP contribution in [-0.2, 0) is 10.0 Å². The maximum Gasteiger partial charge on any atom is 0.250 e. The molecule has 0 amide bonds. The maximum absolute atomic E-state index is 12.2. The van der Waals surface area contributed by atoms with E-state index in [0.717, 1.165) is 43.8 Å². The standard InChI is InChI=1S/C14H23N3O2S2/c1-4-17(5-2)10-6-7-12(3)16-21(18,19)14-9-8-13(11-15)20-14/h8-9,12,16H,4-7,10H2,1-3H3. The van der Waals surface area contributed by atoms with E-state index in [9.17, 15) is 8.42 Å². The van der Waals surface area contributed by atoms with Crippen LogP contribution in [0.15, 0.2) is 16.3 Å². The number of thiophene rings is 1. The van der Waals surface area contributed by atoms with Crippen LogP contribution in [0.2, 0.25) is 0 Å². The summed E-state index contributed by atoms with van der Waals surface area (Å²) in [6, 6.07) is 4.85. The molecule has 1 unspecified atom stereocenters. The van der Waals surface area contributed by atoms with Gasteiger partial charge in [-0.25, -0.2) is 13.1 Å². The molecule has 1 aromatic rings. The summed E-state index contributed by atoms with van der Waals surface area (Å²) in [5.74, 6) is 0. The van der Waals surface area contributed by atoms with E-state index in [1.54, 1.807) is 0 Å². The third-order valence-corrected chi connectivity index (χ3v) is 6.39. The number of rotatable bonds is 9. The van der Waals surface area contributed by atoms with Gasteiger partial charge in [-0.05, 0) is 51.5 Å². The molecule has 1 rings (SSSR count). The van der Waals surface area contributed by atoms with Gasteiger partial charge >= 0.3 is 0 Å². The van der Waals surface area contributed by atoms with E-state index in [-0.39, 0.29) is 10.3 Å². The number of hydrogen-bond acceptors (Lipinski definition) is 5. The Balaban J connectivity index is 2.50. The second-order valence-electron chi connectivity index (χ2n) is 4.92. The third kappa shape index (κ3) is 5.75. The van der Waals surface area contributed by atoms with Crippen molar-refractivity contribution < 1.29 is 8.42 Å². The Hall–Kier alpha value is -0.940. The second kappa shape index (κ2) is 8.49. The normalized spacial score (nSPS) is 13.3. The number of nitriles is 1. The van der Waals surface area contributed by atoms with Crippen LogP contribution in [0.3, 0.4) is 0 Å². The molecule has 0 spiro atoms. The molecule has 0 aliphatic rings. The van der Waals surface area contributed by atoms with Crippen molar-refractivity contribution in [2.45, 2.75) is 43.9 Å². The molecule has 1 atom stereocenters. The van der Waals surface area contributed by atoms with Gasteiger partial charge in [0.2, 0.25) is 10.0 Å². The van der Waals surface area contributed by atoms with E-state index in [4.69, 9.17) is 5.26 Å². The Morgan fingerprint density at radius 2 is 2.05 bits per heavy atom. The van der Waals surface area contributed by atoms with E-state index in [1.807, 2.05) is 13.0 Å². The predicted molar refractivity (Wildman–Crippen MR) is 85.8 cm³/mol. The Morgan fingerprint density at radius 1 is 1.38 bits per heavy atom. The van der Waals surface area contributed by atoms with Crippen molar-refractivity contribution in [2.75, 3.05) is 19.6 Å². The quantitative estimate of drug-likeness (QED) is 0.755. The average Bonchev–Trinajstić information content (AvgIpc) is 2.93. The Labute approximate surface area is 131 Å². The summed E-state index contributed by atoms with van der Waals surface area (Å²) >= 11 is 0.998. The lowest BCUT2D eigenvalue weighted by molar-refractivity contribution is 0.293. The third-order valence-electron chi connectivity index (χ3n) is 3.32. The first-order valence-electron chi connectivity index (χ1n) is 7.17. The monoisotopic (exact) mass is 329 g/mol. The Kier molecular flexibility index (Phi) is 7.32. The van der Waals surface area contributed by atoms with E-state index in [1.165, 1.54) is 12.1 Å². The van der Waals surface area contributed by atoms with Crippen molar-refractivity contribution >= 4 is 21.4 Å². The fourth-order valence-corrected chi connectivity index (χ4v) is 4.47. The molecule has 1 N–H and O–H groups in total. The molecule has 0 saturated carbocycles. The number of sulfonamides is 1. The molecule has 0 aromatic carbocycles. The first-order valence-corrected chi connectivity index (χ1v) is 9.47. The molecule has 0 aliphatic heterocycles. The highest BCUT2D eigenvalue weighted by molar-refractivity contribution is 7.91. The fourth-order valence-electron chi connectivity index (χ4n) is 2.07. The van der Waals surface area contributed by atoms with Crippen LogP contribution in [-0.4, -0.2) is 39.0 Å². The first-order chi connectivity index (χ1) is 9.92. The molecule has 5 nitrogen and oxygen atoms in total. The summed E-state index contributed by atoms with van der Waals surface area (Å²) in [7, 11) is -3.51. The van der Waals surface area contributed by atoms with Crippen molar-refractivity contribution in [1.29, 1.82) is 5.26 Å². The van der Waals surface area contributed by atoms with E-state index < -0.39 is 10.0 Å². The van der Waals surface area contributed by atoms with Crippen LogP contribution in [0.25, 0.3) is 0 Å². The Bertz CT molecular complexity index is 571. The molecule has 0 aliphatic carbocycles. The minimum atomic E-state index is -3.51. The van der Waals surface area contributed by atoms with Gasteiger partial charge in [0.05, 0.1) is 0 Å². The lowest BCUT2D eigenvalue weighted by atomic mass is 10.2. The molecular weight excluding hydrogens is 306 g/mol. The minimum absolute atomic E-state index is 0.113. The predicted octanol–water partition coefficient (Wildman–Crippen LogP) is 2.41. The highest BCUT2D eigenvalue weighted by Crippen LogP contribution is 2.21. The molecule has 7 heteroatoms. The summed E-state index contributed by atoms with van der Waals surface area (Å²) in [6.45, 7) is 9.14. The van der Waals surface area contributed by atoms with Crippen LogP contribution in [0.4, 0.5) is 0 Å². The fraction of sp³-hybridized carbons (Fsp3) is 0.643. The molecule has 0 bridgehead atoms. The van der Waals surface area contributed by atoms with Crippen molar-refractivity contribution in [3.05, 3.63) is 17.0 Å². The minimum Gasteiger partial charge on any atom is -0.304 e. The van der Waals surface area contributed by atoms with Crippen LogP contribution in [0.1, 0.15) is 38.5 Å². The maximum atomic E-state index is 12.2. The molecule has 118 valence electrons. The highest BCUT2D eigenvalue weighted by atomic mass is 32.2. The van der Waals surface area contributed by atoms with Gasteiger partial charge in [-0.2, -0.15) is 5.26 Å². The van der Waals surface area contributed by atoms with E-state index in [0.29, 0.717) is 4.88 Å².